The smallest absolute Gasteiger partial charge is 0.344 e. The highest BCUT2D eigenvalue weighted by atomic mass is 16.6. The first-order valence-corrected chi connectivity index (χ1v) is 28.3. The molecule has 9 aromatic carbocycles. The lowest BCUT2D eigenvalue weighted by molar-refractivity contribution is -0.00568. The molecule has 0 spiro atoms. The van der Waals surface area contributed by atoms with E-state index in [1.54, 1.807) is 0 Å². The third kappa shape index (κ3) is 11.1. The maximum absolute atomic E-state index is 14.4. The number of carbonyl (C=O) groups is 3. The number of ether oxygens (including phenoxy) is 6. The lowest BCUT2D eigenvalue weighted by atomic mass is 9.73. The molecule has 0 saturated carbocycles. The molecule has 0 amide bonds. The first kappa shape index (κ1) is 64.0. The number of rotatable bonds is 11. The third-order valence-electron chi connectivity index (χ3n) is 16.4. The zero-order valence-electron chi connectivity index (χ0n) is 48.7. The molecule has 0 fully saturated rings. The van der Waals surface area contributed by atoms with Gasteiger partial charge in [0.05, 0.1) is 34.6 Å². The maximum Gasteiger partial charge on any atom is 0.344 e. The van der Waals surface area contributed by atoms with Gasteiger partial charge in [0.15, 0.2) is 98.5 Å². The van der Waals surface area contributed by atoms with Crippen molar-refractivity contribution in [1.29, 1.82) is 0 Å². The van der Waals surface area contributed by atoms with Gasteiger partial charge in [-0.3, -0.25) is 0 Å². The number of hydrogen-bond donors (Lipinski definition) is 22. The average molecular weight is 1340 g/mol. The van der Waals surface area contributed by atoms with Crippen LogP contribution >= 0.6 is 0 Å². The van der Waals surface area contributed by atoms with Crippen molar-refractivity contribution in [3.8, 4) is 144 Å². The van der Waals surface area contributed by atoms with Crippen molar-refractivity contribution in [2.75, 3.05) is 0 Å². The van der Waals surface area contributed by atoms with Crippen LogP contribution in [-0.2, 0) is 6.42 Å². The highest BCUT2D eigenvalue weighted by Crippen LogP contribution is 2.63. The number of phenolic OH excluding ortho intramolecular Hbond substituents is 19. The van der Waals surface area contributed by atoms with Crippen molar-refractivity contribution in [3.05, 3.63) is 170 Å². The zero-order chi connectivity index (χ0) is 69.8. The summed E-state index contributed by atoms with van der Waals surface area (Å²) in [7, 11) is 0. The summed E-state index contributed by atoms with van der Waals surface area (Å²) in [4.78, 5) is 43.1. The first-order chi connectivity index (χ1) is 45.9. The van der Waals surface area contributed by atoms with E-state index in [-0.39, 0.29) is 16.7 Å². The summed E-state index contributed by atoms with van der Waals surface area (Å²) in [5.41, 5.74) is -6.09. The molecule has 0 aliphatic carbocycles. The molecule has 31 heteroatoms. The first-order valence-electron chi connectivity index (χ1n) is 28.3. The number of aliphatic hydroxyl groups is 3. The van der Waals surface area contributed by atoms with Crippen molar-refractivity contribution >= 4 is 17.9 Å². The molecule has 3 heterocycles. The summed E-state index contributed by atoms with van der Waals surface area (Å²) in [5, 5.41) is 245. The van der Waals surface area contributed by atoms with Crippen LogP contribution in [-0.4, -0.2) is 149 Å². The van der Waals surface area contributed by atoms with E-state index < -0.39 is 261 Å². The van der Waals surface area contributed by atoms with Gasteiger partial charge in [0, 0.05) is 64.1 Å². The highest BCUT2D eigenvalue weighted by Gasteiger charge is 2.51. The molecular weight excluding hydrogens is 1290 g/mol. The van der Waals surface area contributed by atoms with Crippen molar-refractivity contribution in [1.82, 2.24) is 0 Å². The Kier molecular flexibility index (Phi) is 15.7. The SMILES string of the molecule is O=C(Oc1cc([C@H]2Oc3c(c(O)cc(O)c3[C@H]3c4c(O)cc(O)cc4O[C@H](c4ccc(O)c(O)c4)[C@H]3O)[C@H](c3c(O)cc(O)c4c3O[C@@H](c3ccc(O)c(O)c3)[C@H](O)C4)[C@@H]2O)cc(OC(=O)c2cc(O)c(O)c(O)c2)c1OC(=O)c1cc(O)c(O)c(O)c1)c1cc(O)c(O)c(O)c1. The van der Waals surface area contributed by atoms with Crippen molar-refractivity contribution in [3.63, 3.8) is 0 Å². The second-order valence-electron chi connectivity index (χ2n) is 22.5. The quantitative estimate of drug-likeness (QED) is 0.0398. The van der Waals surface area contributed by atoms with Crippen molar-refractivity contribution < 1.29 is 155 Å². The van der Waals surface area contributed by atoms with Gasteiger partial charge in [0.2, 0.25) is 5.75 Å². The van der Waals surface area contributed by atoms with Crippen LogP contribution in [0, 0.1) is 0 Å². The van der Waals surface area contributed by atoms with Gasteiger partial charge in [-0.25, -0.2) is 14.4 Å². The Hall–Kier alpha value is -13.1. The Morgan fingerprint density at radius 2 is 0.722 bits per heavy atom. The van der Waals surface area contributed by atoms with Gasteiger partial charge in [-0.2, -0.15) is 0 Å². The lowest BCUT2D eigenvalue weighted by Crippen LogP contribution is -2.39. The minimum absolute atomic E-state index is 0.0444. The number of aliphatic hydroxyl groups excluding tert-OH is 3. The molecule has 0 bridgehead atoms. The summed E-state index contributed by atoms with van der Waals surface area (Å²) in [6.45, 7) is 0. The van der Waals surface area contributed by atoms with Gasteiger partial charge in [-0.1, -0.05) is 12.1 Å². The number of hydrogen-bond acceptors (Lipinski definition) is 31. The molecule has 12 rings (SSSR count). The van der Waals surface area contributed by atoms with E-state index in [1.165, 1.54) is 12.1 Å². The van der Waals surface area contributed by atoms with E-state index in [9.17, 15) is 127 Å². The number of esters is 3. The van der Waals surface area contributed by atoms with E-state index in [4.69, 9.17) is 28.4 Å². The number of aromatic hydroxyl groups is 19. The summed E-state index contributed by atoms with van der Waals surface area (Å²) in [6, 6.07) is 14.3. The van der Waals surface area contributed by atoms with E-state index in [1.807, 2.05) is 0 Å². The molecule has 31 nitrogen and oxygen atoms in total. The Bertz CT molecular complexity index is 4650. The second kappa shape index (κ2) is 23.8. The van der Waals surface area contributed by atoms with Crippen LogP contribution in [0.5, 0.6) is 144 Å². The Labute approximate surface area is 540 Å². The number of phenols is 19. The van der Waals surface area contributed by atoms with Crippen LogP contribution in [0.15, 0.2) is 109 Å². The fourth-order valence-corrected chi connectivity index (χ4v) is 11.9. The topological polar surface area (TPSA) is 552 Å². The third-order valence-corrected chi connectivity index (χ3v) is 16.4. The Balaban J connectivity index is 1.15. The molecular formula is C66H50O31. The summed E-state index contributed by atoms with van der Waals surface area (Å²) in [5.74, 6) is -32.8. The molecule has 0 unspecified atom stereocenters. The maximum atomic E-state index is 14.4. The molecule has 9 aromatic rings. The van der Waals surface area contributed by atoms with Crippen molar-refractivity contribution in [2.45, 2.75) is 54.9 Å². The van der Waals surface area contributed by atoms with E-state index in [0.29, 0.717) is 54.6 Å². The highest BCUT2D eigenvalue weighted by molar-refractivity contribution is 5.97. The number of carbonyl (C=O) groups excluding carboxylic acids is 3. The van der Waals surface area contributed by atoms with E-state index in [2.05, 4.69) is 0 Å². The van der Waals surface area contributed by atoms with E-state index in [0.717, 1.165) is 42.5 Å². The molecule has 500 valence electrons. The van der Waals surface area contributed by atoms with Gasteiger partial charge >= 0.3 is 17.9 Å². The van der Waals surface area contributed by atoms with Crippen LogP contribution in [0.2, 0.25) is 0 Å². The van der Waals surface area contributed by atoms with Gasteiger partial charge in [-0.15, -0.1) is 0 Å². The van der Waals surface area contributed by atoms with Gasteiger partial charge in [0.1, 0.15) is 70.1 Å². The average Bonchev–Trinajstić information content (AvgIpc) is 0.712. The molecule has 3 aliphatic rings. The van der Waals surface area contributed by atoms with E-state index >= 15 is 0 Å². The van der Waals surface area contributed by atoms with Gasteiger partial charge < -0.3 is 141 Å². The van der Waals surface area contributed by atoms with Crippen LogP contribution in [0.25, 0.3) is 0 Å². The minimum Gasteiger partial charge on any atom is -0.508 e. The predicted octanol–water partition coefficient (Wildman–Crippen LogP) is 6.04. The summed E-state index contributed by atoms with van der Waals surface area (Å²) in [6.07, 6.45) is -12.6. The zero-order valence-corrected chi connectivity index (χ0v) is 48.7. The van der Waals surface area contributed by atoms with Crippen LogP contribution in [0.4, 0.5) is 0 Å². The van der Waals surface area contributed by atoms with Crippen LogP contribution in [0.3, 0.4) is 0 Å². The lowest BCUT2D eigenvalue weighted by Gasteiger charge is -2.43. The largest absolute Gasteiger partial charge is 0.508 e. The molecule has 0 saturated heterocycles. The van der Waals surface area contributed by atoms with Crippen LogP contribution < -0.4 is 28.4 Å². The number of fused-ring (bicyclic) bond motifs is 3. The molecule has 0 radical (unpaired) electrons. The fourth-order valence-electron chi connectivity index (χ4n) is 11.9. The summed E-state index contributed by atoms with van der Waals surface area (Å²) < 4.78 is 36.5. The van der Waals surface area contributed by atoms with Crippen LogP contribution in [0.1, 0.15) is 106 Å². The number of benzene rings is 9. The Morgan fingerprint density at radius 1 is 0.340 bits per heavy atom. The van der Waals surface area contributed by atoms with Gasteiger partial charge in [0.25, 0.3) is 0 Å². The molecule has 3 aliphatic heterocycles. The molecule has 0 aromatic heterocycles. The molecule has 97 heavy (non-hydrogen) atoms. The standard InChI is InChI=1S/C66H50O31/c67-26-15-33(73)47-44(16-26)92-59(21-2-4-29(69)32(72)6-21)56(87)51(47)49-35(75)19-36(76)50-52(48-34(74)18-30(70)27-17-43(83)58(95-61(27)48)20-1-3-28(68)31(71)5-20)57(88)60(96-63(49)50)22-13-45(93-64(89)23-7-37(77)53(84)38(78)8-23)62(97-66(91)25-11-41(81)55(86)42(82)12-25)46(14-22)94-65(90)24-9-39(79)54(85)40(80)10-24/h1-16,18-19,43,51-52,56-60,67-88H,17H2/t43-,51-,52+,56+,57+,58+,59-,60-/m1/s1. The second-order valence-corrected chi connectivity index (χ2v) is 22.5. The normalized spacial score (nSPS) is 19.2. The molecule has 8 atom stereocenters. The van der Waals surface area contributed by atoms with Gasteiger partial charge in [-0.05, 0) is 83.9 Å². The minimum atomic E-state index is -2.49. The molecule has 22 N–H and O–H groups in total. The van der Waals surface area contributed by atoms with Crippen molar-refractivity contribution in [2.24, 2.45) is 0 Å². The summed E-state index contributed by atoms with van der Waals surface area (Å²) >= 11 is 0. The predicted molar refractivity (Wildman–Crippen MR) is 320 cm³/mol. The Morgan fingerprint density at radius 3 is 1.18 bits per heavy atom. The fraction of sp³-hybridized carbons (Fsp3) is 0.136. The monoisotopic (exact) mass is 1340 g/mol.